The van der Waals surface area contributed by atoms with Gasteiger partial charge in [0.1, 0.15) is 0 Å². The van der Waals surface area contributed by atoms with Gasteiger partial charge in [0, 0.05) is 26.6 Å². The summed E-state index contributed by atoms with van der Waals surface area (Å²) in [5.74, 6) is -0.358. The molecule has 0 bridgehead atoms. The molecule has 8 heteroatoms. The first-order chi connectivity index (χ1) is 14.3. The van der Waals surface area contributed by atoms with Gasteiger partial charge in [0.25, 0.3) is 11.1 Å². The number of hydrogen-bond acceptors (Lipinski definition) is 3. The lowest BCUT2D eigenvalue weighted by Gasteiger charge is -2.12. The molecule has 1 fully saturated rings. The van der Waals surface area contributed by atoms with Gasteiger partial charge < -0.3 is 4.57 Å². The molecule has 2 amide bonds. The van der Waals surface area contributed by atoms with Crippen LogP contribution in [0, 0.1) is 13.8 Å². The van der Waals surface area contributed by atoms with Crippen molar-refractivity contribution in [1.82, 2.24) is 4.57 Å². The Labute approximate surface area is 196 Å². The van der Waals surface area contributed by atoms with Crippen LogP contribution < -0.4 is 4.90 Å². The largest absolute Gasteiger partial charge is 0.318 e. The fourth-order valence-corrected chi connectivity index (χ4v) is 4.84. The molecular weight excluding hydrogens is 507 g/mol. The number of halogens is 3. The lowest BCUT2D eigenvalue weighted by atomic mass is 10.2. The number of carbonyl (C=O) groups is 2. The van der Waals surface area contributed by atoms with E-state index in [0.717, 1.165) is 43.8 Å². The SMILES string of the molecule is Cc1cc(/C=C2/SC(=O)N(c3cccc(Cl)c3)C2=O)c(C)n1-c1ccc(Br)c(Cl)c1. The van der Waals surface area contributed by atoms with Crippen molar-refractivity contribution in [3.05, 3.63) is 84.9 Å². The van der Waals surface area contributed by atoms with Crippen LogP contribution in [0.25, 0.3) is 11.8 Å². The summed E-state index contributed by atoms with van der Waals surface area (Å²) in [5.41, 5.74) is 4.18. The number of amides is 2. The van der Waals surface area contributed by atoms with Crippen molar-refractivity contribution in [2.24, 2.45) is 0 Å². The summed E-state index contributed by atoms with van der Waals surface area (Å²) in [5, 5.41) is 0.735. The Morgan fingerprint density at radius 1 is 1.00 bits per heavy atom. The van der Waals surface area contributed by atoms with Crippen LogP contribution >= 0.6 is 50.9 Å². The lowest BCUT2D eigenvalue weighted by molar-refractivity contribution is -0.113. The van der Waals surface area contributed by atoms with Crippen molar-refractivity contribution in [3.63, 3.8) is 0 Å². The summed E-state index contributed by atoms with van der Waals surface area (Å²) >= 11 is 16.6. The first-order valence-electron chi connectivity index (χ1n) is 8.94. The second-order valence-corrected chi connectivity index (χ2v) is 9.45. The van der Waals surface area contributed by atoms with Gasteiger partial charge in [-0.3, -0.25) is 9.59 Å². The zero-order valence-electron chi connectivity index (χ0n) is 15.9. The highest BCUT2D eigenvalue weighted by Crippen LogP contribution is 2.37. The molecule has 0 saturated carbocycles. The van der Waals surface area contributed by atoms with Gasteiger partial charge in [0.15, 0.2) is 0 Å². The first-order valence-corrected chi connectivity index (χ1v) is 11.3. The van der Waals surface area contributed by atoms with Gasteiger partial charge in [0.05, 0.1) is 15.6 Å². The molecule has 0 spiro atoms. The molecule has 4 nitrogen and oxygen atoms in total. The van der Waals surface area contributed by atoms with Crippen molar-refractivity contribution in [1.29, 1.82) is 0 Å². The minimum atomic E-state index is -0.358. The van der Waals surface area contributed by atoms with Gasteiger partial charge >= 0.3 is 0 Å². The highest BCUT2D eigenvalue weighted by atomic mass is 79.9. The molecule has 1 aliphatic heterocycles. The number of anilines is 1. The number of aryl methyl sites for hydroxylation is 1. The van der Waals surface area contributed by atoms with E-state index in [0.29, 0.717) is 20.6 Å². The van der Waals surface area contributed by atoms with Crippen LogP contribution in [0.5, 0.6) is 0 Å². The fourth-order valence-electron chi connectivity index (χ4n) is 3.40. The molecule has 2 heterocycles. The molecule has 0 unspecified atom stereocenters. The van der Waals surface area contributed by atoms with Crippen LogP contribution in [0.4, 0.5) is 10.5 Å². The van der Waals surface area contributed by atoms with Gasteiger partial charge in [-0.25, -0.2) is 4.90 Å². The van der Waals surface area contributed by atoms with Crippen LogP contribution in [0.1, 0.15) is 17.0 Å². The Balaban J connectivity index is 1.71. The number of carbonyl (C=O) groups excluding carboxylic acids is 2. The molecule has 3 aromatic rings. The topological polar surface area (TPSA) is 42.3 Å². The lowest BCUT2D eigenvalue weighted by Crippen LogP contribution is -2.27. The number of rotatable bonds is 3. The zero-order valence-corrected chi connectivity index (χ0v) is 19.9. The molecule has 0 aliphatic carbocycles. The second-order valence-electron chi connectivity index (χ2n) is 6.76. The van der Waals surface area contributed by atoms with Crippen LogP contribution in [-0.2, 0) is 4.79 Å². The van der Waals surface area contributed by atoms with E-state index in [2.05, 4.69) is 20.5 Å². The number of hydrogen-bond donors (Lipinski definition) is 0. The van der Waals surface area contributed by atoms with Crippen LogP contribution in [0.3, 0.4) is 0 Å². The van der Waals surface area contributed by atoms with E-state index in [1.54, 1.807) is 30.3 Å². The monoisotopic (exact) mass is 520 g/mol. The van der Waals surface area contributed by atoms with E-state index >= 15 is 0 Å². The van der Waals surface area contributed by atoms with E-state index in [1.165, 1.54) is 0 Å². The Morgan fingerprint density at radius 3 is 2.47 bits per heavy atom. The van der Waals surface area contributed by atoms with Crippen molar-refractivity contribution in [2.45, 2.75) is 13.8 Å². The summed E-state index contributed by atoms with van der Waals surface area (Å²) < 4.78 is 2.89. The molecule has 152 valence electrons. The van der Waals surface area contributed by atoms with Gasteiger partial charge in [-0.2, -0.15) is 0 Å². The van der Waals surface area contributed by atoms with E-state index in [9.17, 15) is 9.59 Å². The Kier molecular flexibility index (Phi) is 5.86. The van der Waals surface area contributed by atoms with E-state index in [4.69, 9.17) is 23.2 Å². The molecule has 1 saturated heterocycles. The standard InChI is InChI=1S/C22H15BrCl2N2O2S/c1-12-8-14(13(2)26(12)17-6-7-18(23)19(25)11-17)9-20-21(28)27(22(29)30-20)16-5-3-4-15(24)10-16/h3-11H,1-2H3/b20-9+. The molecule has 30 heavy (non-hydrogen) atoms. The third kappa shape index (κ3) is 3.85. The zero-order chi connectivity index (χ0) is 21.6. The predicted molar refractivity (Wildman–Crippen MR) is 128 cm³/mol. The normalized spacial score (nSPS) is 15.5. The molecule has 0 radical (unpaired) electrons. The maximum Gasteiger partial charge on any atom is 0.298 e. The number of aromatic nitrogens is 1. The quantitative estimate of drug-likeness (QED) is 0.337. The van der Waals surface area contributed by atoms with Crippen molar-refractivity contribution >= 4 is 73.8 Å². The Bertz CT molecular complexity index is 1240. The highest BCUT2D eigenvalue weighted by Gasteiger charge is 2.36. The summed E-state index contributed by atoms with van der Waals surface area (Å²) in [6, 6.07) is 14.4. The molecule has 0 N–H and O–H groups in total. The molecular formula is C22H15BrCl2N2O2S. The highest BCUT2D eigenvalue weighted by molar-refractivity contribution is 9.10. The maximum absolute atomic E-state index is 12.9. The summed E-state index contributed by atoms with van der Waals surface area (Å²) in [7, 11) is 0. The van der Waals surface area contributed by atoms with Crippen molar-refractivity contribution in [2.75, 3.05) is 4.90 Å². The van der Waals surface area contributed by atoms with Gasteiger partial charge in [-0.1, -0.05) is 29.3 Å². The average molecular weight is 522 g/mol. The molecule has 2 aromatic carbocycles. The molecule has 0 atom stereocenters. The van der Waals surface area contributed by atoms with E-state index < -0.39 is 0 Å². The van der Waals surface area contributed by atoms with Crippen LogP contribution in [-0.4, -0.2) is 15.7 Å². The minimum Gasteiger partial charge on any atom is -0.318 e. The van der Waals surface area contributed by atoms with Crippen molar-refractivity contribution in [3.8, 4) is 5.69 Å². The van der Waals surface area contributed by atoms with E-state index in [-0.39, 0.29) is 11.1 Å². The average Bonchev–Trinajstić information content (AvgIpc) is 3.12. The van der Waals surface area contributed by atoms with E-state index in [1.807, 2.05) is 38.1 Å². The maximum atomic E-state index is 12.9. The van der Waals surface area contributed by atoms with Crippen LogP contribution in [0.2, 0.25) is 10.0 Å². The van der Waals surface area contributed by atoms with Crippen molar-refractivity contribution < 1.29 is 9.59 Å². The second kappa shape index (κ2) is 8.27. The van der Waals surface area contributed by atoms with Gasteiger partial charge in [-0.15, -0.1) is 0 Å². The smallest absolute Gasteiger partial charge is 0.298 e. The third-order valence-corrected chi connectivity index (χ3v) is 7.12. The van der Waals surface area contributed by atoms with Crippen LogP contribution in [0.15, 0.2) is 57.9 Å². The summed E-state index contributed by atoms with van der Waals surface area (Å²) in [6.07, 6.45) is 1.76. The number of thioether (sulfide) groups is 1. The number of nitrogens with zero attached hydrogens (tertiary/aromatic N) is 2. The predicted octanol–water partition coefficient (Wildman–Crippen LogP) is 7.40. The summed E-state index contributed by atoms with van der Waals surface area (Å²) in [6.45, 7) is 3.95. The summed E-state index contributed by atoms with van der Waals surface area (Å²) in [4.78, 5) is 27.0. The Hall–Kier alpha value is -1.99. The van der Waals surface area contributed by atoms with Gasteiger partial charge in [0.2, 0.25) is 0 Å². The molecule has 1 aliphatic rings. The Morgan fingerprint density at radius 2 is 1.77 bits per heavy atom. The molecule has 4 rings (SSSR count). The van der Waals surface area contributed by atoms with Gasteiger partial charge in [-0.05, 0) is 95.6 Å². The molecule has 1 aromatic heterocycles. The number of benzene rings is 2. The number of imide groups is 1. The minimum absolute atomic E-state index is 0.345. The third-order valence-electron chi connectivity index (χ3n) is 4.78. The first kappa shape index (κ1) is 21.2. The fraction of sp³-hybridized carbons (Fsp3) is 0.0909.